The number of carboxylic acid groups (broad SMARTS) is 1. The molecular weight excluding hydrogens is 250 g/mol. The van der Waals surface area contributed by atoms with Gasteiger partial charge in [0.1, 0.15) is 0 Å². The Kier molecular flexibility index (Phi) is 2.85. The number of nitrogens with one attached hydrogen (secondary N) is 1. The van der Waals surface area contributed by atoms with Crippen LogP contribution in [0.5, 0.6) is 0 Å². The predicted molar refractivity (Wildman–Crippen MR) is 73.4 cm³/mol. The Hall–Kier alpha value is -1.22. The fourth-order valence-corrected chi connectivity index (χ4v) is 2.76. The SMILES string of the molecule is CC1(C)C(Nc2ccc(C(=O)O)c(Cl)c2)C1(C)C. The van der Waals surface area contributed by atoms with E-state index in [0.717, 1.165) is 5.69 Å². The first-order chi connectivity index (χ1) is 8.18. The van der Waals surface area contributed by atoms with E-state index in [1.165, 1.54) is 6.07 Å². The first-order valence-electron chi connectivity index (χ1n) is 5.97. The number of anilines is 1. The summed E-state index contributed by atoms with van der Waals surface area (Å²) in [5, 5.41) is 12.6. The van der Waals surface area contributed by atoms with Gasteiger partial charge in [0.2, 0.25) is 0 Å². The lowest BCUT2D eigenvalue weighted by Gasteiger charge is -2.09. The smallest absolute Gasteiger partial charge is 0.337 e. The maximum atomic E-state index is 10.9. The van der Waals surface area contributed by atoms with Crippen LogP contribution in [-0.2, 0) is 0 Å². The van der Waals surface area contributed by atoms with Crippen LogP contribution in [-0.4, -0.2) is 17.1 Å². The molecule has 0 saturated heterocycles. The summed E-state index contributed by atoms with van der Waals surface area (Å²) < 4.78 is 0. The van der Waals surface area contributed by atoms with Crippen LogP contribution in [0.1, 0.15) is 38.1 Å². The molecule has 1 saturated carbocycles. The first-order valence-corrected chi connectivity index (χ1v) is 6.35. The van der Waals surface area contributed by atoms with Crippen molar-refractivity contribution in [2.45, 2.75) is 33.7 Å². The number of rotatable bonds is 3. The molecule has 0 amide bonds. The second kappa shape index (κ2) is 3.89. The third-order valence-electron chi connectivity index (χ3n) is 4.53. The van der Waals surface area contributed by atoms with Crippen LogP contribution in [0, 0.1) is 10.8 Å². The molecule has 1 aromatic rings. The van der Waals surface area contributed by atoms with Crippen molar-refractivity contribution in [3.05, 3.63) is 28.8 Å². The largest absolute Gasteiger partial charge is 0.478 e. The number of hydrogen-bond donors (Lipinski definition) is 2. The Balaban J connectivity index is 2.18. The van der Waals surface area contributed by atoms with Gasteiger partial charge in [-0.1, -0.05) is 39.3 Å². The molecular formula is C14H18ClNO2. The fraction of sp³-hybridized carbons (Fsp3) is 0.500. The van der Waals surface area contributed by atoms with Gasteiger partial charge in [-0.2, -0.15) is 0 Å². The molecule has 1 aliphatic rings. The van der Waals surface area contributed by atoms with Gasteiger partial charge in [0, 0.05) is 11.7 Å². The van der Waals surface area contributed by atoms with E-state index in [2.05, 4.69) is 33.0 Å². The molecule has 0 bridgehead atoms. The zero-order valence-corrected chi connectivity index (χ0v) is 11.8. The minimum atomic E-state index is -1.00. The lowest BCUT2D eigenvalue weighted by atomic mass is 10.0. The monoisotopic (exact) mass is 267 g/mol. The minimum absolute atomic E-state index is 0.136. The topological polar surface area (TPSA) is 49.3 Å². The van der Waals surface area contributed by atoms with Crippen molar-refractivity contribution < 1.29 is 9.90 Å². The number of aromatic carboxylic acids is 1. The lowest BCUT2D eigenvalue weighted by molar-refractivity contribution is 0.0697. The van der Waals surface area contributed by atoms with Crippen LogP contribution >= 0.6 is 11.6 Å². The molecule has 0 radical (unpaired) electrons. The number of halogens is 1. The highest BCUT2D eigenvalue weighted by molar-refractivity contribution is 6.33. The summed E-state index contributed by atoms with van der Waals surface area (Å²) in [4.78, 5) is 10.9. The van der Waals surface area contributed by atoms with Crippen molar-refractivity contribution in [3.8, 4) is 0 Å². The summed E-state index contributed by atoms with van der Waals surface area (Å²) in [5.74, 6) is -1.00. The summed E-state index contributed by atoms with van der Waals surface area (Å²) in [6, 6.07) is 5.35. The molecule has 1 fully saturated rings. The van der Waals surface area contributed by atoms with Crippen molar-refractivity contribution >= 4 is 23.3 Å². The Bertz CT molecular complexity index is 495. The van der Waals surface area contributed by atoms with Crippen LogP contribution in [0.15, 0.2) is 18.2 Å². The van der Waals surface area contributed by atoms with E-state index < -0.39 is 5.97 Å². The van der Waals surface area contributed by atoms with Crippen LogP contribution in [0.4, 0.5) is 5.69 Å². The van der Waals surface area contributed by atoms with Gasteiger partial charge in [-0.25, -0.2) is 4.79 Å². The minimum Gasteiger partial charge on any atom is -0.478 e. The molecule has 0 atom stereocenters. The Morgan fingerprint density at radius 2 is 1.83 bits per heavy atom. The second-order valence-corrected chi connectivity index (χ2v) is 6.43. The lowest BCUT2D eigenvalue weighted by Crippen LogP contribution is -2.10. The molecule has 2 N–H and O–H groups in total. The van der Waals surface area contributed by atoms with E-state index in [4.69, 9.17) is 16.7 Å². The highest BCUT2D eigenvalue weighted by Crippen LogP contribution is 2.63. The van der Waals surface area contributed by atoms with Crippen LogP contribution in [0.2, 0.25) is 5.02 Å². The summed E-state index contributed by atoms with van der Waals surface area (Å²) >= 11 is 5.95. The van der Waals surface area contributed by atoms with Gasteiger partial charge >= 0.3 is 5.97 Å². The second-order valence-electron chi connectivity index (χ2n) is 6.02. The Morgan fingerprint density at radius 1 is 1.28 bits per heavy atom. The summed E-state index contributed by atoms with van der Waals surface area (Å²) in [5.41, 5.74) is 1.46. The number of carboxylic acids is 1. The van der Waals surface area contributed by atoms with E-state index in [0.29, 0.717) is 6.04 Å². The summed E-state index contributed by atoms with van der Waals surface area (Å²) in [6.07, 6.45) is 0. The summed E-state index contributed by atoms with van der Waals surface area (Å²) in [7, 11) is 0. The van der Waals surface area contributed by atoms with Crippen molar-refractivity contribution in [2.75, 3.05) is 5.32 Å². The average molecular weight is 268 g/mol. The predicted octanol–water partition coefficient (Wildman–Crippen LogP) is 3.88. The summed E-state index contributed by atoms with van der Waals surface area (Å²) in [6.45, 7) is 8.88. The van der Waals surface area contributed by atoms with Crippen molar-refractivity contribution in [1.29, 1.82) is 0 Å². The van der Waals surface area contributed by atoms with E-state index in [9.17, 15) is 4.79 Å². The molecule has 1 aromatic carbocycles. The van der Waals surface area contributed by atoms with E-state index in [-0.39, 0.29) is 21.4 Å². The average Bonchev–Trinajstić information content (AvgIpc) is 2.60. The van der Waals surface area contributed by atoms with Gasteiger partial charge in [-0.05, 0) is 29.0 Å². The molecule has 0 aromatic heterocycles. The van der Waals surface area contributed by atoms with Crippen molar-refractivity contribution in [2.24, 2.45) is 10.8 Å². The fourth-order valence-electron chi connectivity index (χ4n) is 2.50. The maximum Gasteiger partial charge on any atom is 0.337 e. The van der Waals surface area contributed by atoms with Gasteiger partial charge in [-0.3, -0.25) is 0 Å². The van der Waals surface area contributed by atoms with Crippen LogP contribution in [0.3, 0.4) is 0 Å². The third kappa shape index (κ3) is 1.87. The molecule has 3 nitrogen and oxygen atoms in total. The van der Waals surface area contributed by atoms with E-state index >= 15 is 0 Å². The number of carbonyl (C=O) groups is 1. The Labute approximate surface area is 112 Å². The van der Waals surface area contributed by atoms with Crippen LogP contribution < -0.4 is 5.32 Å². The maximum absolute atomic E-state index is 10.9. The molecule has 0 aliphatic heterocycles. The number of benzene rings is 1. The Morgan fingerprint density at radius 3 is 2.22 bits per heavy atom. The van der Waals surface area contributed by atoms with Gasteiger partial charge in [0.15, 0.2) is 0 Å². The first kappa shape index (κ1) is 13.2. The van der Waals surface area contributed by atoms with E-state index in [1.54, 1.807) is 12.1 Å². The molecule has 0 heterocycles. The van der Waals surface area contributed by atoms with Crippen LogP contribution in [0.25, 0.3) is 0 Å². The zero-order chi connectivity index (χ0) is 13.7. The van der Waals surface area contributed by atoms with Gasteiger partial charge < -0.3 is 10.4 Å². The molecule has 98 valence electrons. The zero-order valence-electron chi connectivity index (χ0n) is 11.0. The van der Waals surface area contributed by atoms with Crippen molar-refractivity contribution in [1.82, 2.24) is 0 Å². The molecule has 4 heteroatoms. The molecule has 2 rings (SSSR count). The van der Waals surface area contributed by atoms with Gasteiger partial charge in [0.25, 0.3) is 0 Å². The molecule has 0 unspecified atom stereocenters. The standard InChI is InChI=1S/C14H18ClNO2/c1-13(2)12(14(13,3)4)16-8-5-6-9(11(17)18)10(15)7-8/h5-7,12,16H,1-4H3,(H,17,18). The van der Waals surface area contributed by atoms with Gasteiger partial charge in [-0.15, -0.1) is 0 Å². The molecule has 1 aliphatic carbocycles. The number of hydrogen-bond acceptors (Lipinski definition) is 2. The van der Waals surface area contributed by atoms with Gasteiger partial charge in [0.05, 0.1) is 10.6 Å². The van der Waals surface area contributed by atoms with Crippen molar-refractivity contribution in [3.63, 3.8) is 0 Å². The third-order valence-corrected chi connectivity index (χ3v) is 4.84. The quantitative estimate of drug-likeness (QED) is 0.874. The van der Waals surface area contributed by atoms with E-state index in [1.807, 2.05) is 0 Å². The normalized spacial score (nSPS) is 20.5. The highest BCUT2D eigenvalue weighted by Gasteiger charge is 2.64. The highest BCUT2D eigenvalue weighted by atomic mass is 35.5. The molecule has 0 spiro atoms. The molecule has 18 heavy (non-hydrogen) atoms.